The van der Waals surface area contributed by atoms with Gasteiger partial charge in [0, 0.05) is 31.4 Å². The molecule has 1 heterocycles. The third-order valence-electron chi connectivity index (χ3n) is 2.71. The Bertz CT molecular complexity index is 609. The quantitative estimate of drug-likeness (QED) is 0.849. The van der Waals surface area contributed by atoms with Crippen LogP contribution in [-0.4, -0.2) is 22.9 Å². The van der Waals surface area contributed by atoms with E-state index in [4.69, 9.17) is 17.3 Å². The number of nitrogen functional groups attached to an aromatic ring is 1. The molecule has 0 aliphatic rings. The smallest absolute Gasteiger partial charge is 0.223 e. The minimum atomic E-state index is -0.0268. The van der Waals surface area contributed by atoms with Gasteiger partial charge in [-0.3, -0.25) is 4.79 Å². The number of hydrogen-bond donors (Lipinski definition) is 2. The fourth-order valence-corrected chi connectivity index (χ4v) is 1.79. The van der Waals surface area contributed by atoms with Crippen LogP contribution < -0.4 is 16.0 Å². The van der Waals surface area contributed by atoms with Gasteiger partial charge in [0.2, 0.25) is 11.9 Å². The van der Waals surface area contributed by atoms with E-state index in [9.17, 15) is 4.79 Å². The number of anilines is 4. The van der Waals surface area contributed by atoms with Crippen molar-refractivity contribution in [2.45, 2.75) is 6.92 Å². The second kappa shape index (κ2) is 5.75. The molecule has 0 atom stereocenters. The Hall–Kier alpha value is -2.34. The number of aromatic nitrogens is 2. The monoisotopic (exact) mass is 291 g/mol. The Morgan fingerprint density at radius 2 is 1.95 bits per heavy atom. The topological polar surface area (TPSA) is 84.1 Å². The molecule has 2 rings (SSSR count). The number of carbonyl (C=O) groups is 1. The van der Waals surface area contributed by atoms with Crippen molar-refractivity contribution in [1.29, 1.82) is 0 Å². The van der Waals surface area contributed by atoms with Crippen LogP contribution in [0.2, 0.25) is 5.15 Å². The number of nitrogens with one attached hydrogen (secondary N) is 1. The van der Waals surface area contributed by atoms with Gasteiger partial charge >= 0.3 is 0 Å². The first-order valence-electron chi connectivity index (χ1n) is 5.87. The fourth-order valence-electron chi connectivity index (χ4n) is 1.60. The highest BCUT2D eigenvalue weighted by atomic mass is 35.5. The summed E-state index contributed by atoms with van der Waals surface area (Å²) in [6, 6.07) is 8.90. The maximum atomic E-state index is 11.3. The summed E-state index contributed by atoms with van der Waals surface area (Å²) in [7, 11) is 1.72. The van der Waals surface area contributed by atoms with Gasteiger partial charge in [0.1, 0.15) is 11.0 Å². The number of nitrogens with two attached hydrogens (primary N) is 1. The van der Waals surface area contributed by atoms with Crippen LogP contribution in [0.25, 0.3) is 0 Å². The lowest BCUT2D eigenvalue weighted by Crippen LogP contribution is -2.22. The third kappa shape index (κ3) is 3.36. The number of halogens is 1. The predicted octanol–water partition coefficient (Wildman–Crippen LogP) is 2.44. The lowest BCUT2D eigenvalue weighted by atomic mass is 10.2. The van der Waals surface area contributed by atoms with Crippen molar-refractivity contribution < 1.29 is 4.79 Å². The first kappa shape index (κ1) is 14.1. The average Bonchev–Trinajstić information content (AvgIpc) is 2.37. The van der Waals surface area contributed by atoms with E-state index in [-0.39, 0.29) is 17.0 Å². The number of hydrogen-bond acceptors (Lipinski definition) is 5. The van der Waals surface area contributed by atoms with Gasteiger partial charge in [-0.2, -0.15) is 4.98 Å². The highest BCUT2D eigenvalue weighted by Crippen LogP contribution is 2.21. The lowest BCUT2D eigenvalue weighted by molar-refractivity contribution is -0.116. The summed E-state index contributed by atoms with van der Waals surface area (Å²) in [6.07, 6.45) is 0. The first-order chi connectivity index (χ1) is 9.45. The number of amides is 1. The van der Waals surface area contributed by atoms with E-state index in [0.29, 0.717) is 5.82 Å². The number of rotatable bonds is 3. The summed E-state index contributed by atoms with van der Waals surface area (Å²) in [5, 5.41) is 3.33. The fraction of sp³-hybridized carbons (Fsp3) is 0.154. The Balaban J connectivity index is 2.16. The van der Waals surface area contributed by atoms with E-state index < -0.39 is 0 Å². The van der Waals surface area contributed by atoms with Crippen molar-refractivity contribution in [1.82, 2.24) is 9.97 Å². The van der Waals surface area contributed by atoms with Gasteiger partial charge in [-0.25, -0.2) is 4.98 Å². The van der Waals surface area contributed by atoms with Crippen molar-refractivity contribution in [3.05, 3.63) is 35.5 Å². The summed E-state index contributed by atoms with van der Waals surface area (Å²) < 4.78 is 0. The Morgan fingerprint density at radius 3 is 2.50 bits per heavy atom. The molecule has 0 aliphatic carbocycles. The highest BCUT2D eigenvalue weighted by Gasteiger charge is 2.05. The highest BCUT2D eigenvalue weighted by molar-refractivity contribution is 6.29. The summed E-state index contributed by atoms with van der Waals surface area (Å²) in [6.45, 7) is 1.51. The molecule has 0 unspecified atom stereocenters. The van der Waals surface area contributed by atoms with E-state index in [1.54, 1.807) is 18.0 Å². The van der Waals surface area contributed by atoms with E-state index in [2.05, 4.69) is 15.3 Å². The van der Waals surface area contributed by atoms with Crippen LogP contribution in [-0.2, 0) is 4.79 Å². The van der Waals surface area contributed by atoms with Crippen molar-refractivity contribution in [3.8, 4) is 0 Å². The molecule has 0 bridgehead atoms. The zero-order chi connectivity index (χ0) is 14.7. The van der Waals surface area contributed by atoms with Gasteiger partial charge < -0.3 is 16.0 Å². The van der Waals surface area contributed by atoms with Crippen molar-refractivity contribution >= 4 is 40.6 Å². The lowest BCUT2D eigenvalue weighted by Gasteiger charge is -2.15. The molecule has 1 amide bonds. The molecule has 0 spiro atoms. The van der Waals surface area contributed by atoms with Gasteiger partial charge in [-0.15, -0.1) is 0 Å². The molecule has 104 valence electrons. The summed E-state index contributed by atoms with van der Waals surface area (Å²) in [5.41, 5.74) is 7.13. The molecule has 3 N–H and O–H groups in total. The molecule has 1 aromatic carbocycles. The van der Waals surface area contributed by atoms with E-state index >= 15 is 0 Å². The normalized spacial score (nSPS) is 10.2. The van der Waals surface area contributed by atoms with Gasteiger partial charge in [0.15, 0.2) is 0 Å². The van der Waals surface area contributed by atoms with Crippen molar-refractivity contribution in [2.24, 2.45) is 0 Å². The molecule has 7 heteroatoms. The average molecular weight is 292 g/mol. The molecule has 0 aliphatic heterocycles. The van der Waals surface area contributed by atoms with E-state index in [1.165, 1.54) is 6.92 Å². The molecule has 0 fully saturated rings. The molecule has 0 saturated heterocycles. The molecule has 2 aromatic rings. The van der Waals surface area contributed by atoms with Crippen LogP contribution in [0.1, 0.15) is 6.92 Å². The largest absolute Gasteiger partial charge is 0.368 e. The van der Waals surface area contributed by atoms with Crippen LogP contribution >= 0.6 is 11.6 Å². The number of carbonyl (C=O) groups excluding carboxylic acids is 1. The summed E-state index contributed by atoms with van der Waals surface area (Å²) in [4.78, 5) is 20.6. The van der Waals surface area contributed by atoms with Gasteiger partial charge in [0.25, 0.3) is 0 Å². The maximum Gasteiger partial charge on any atom is 0.223 e. The summed E-state index contributed by atoms with van der Waals surface area (Å²) in [5.74, 6) is 0.587. The second-order valence-electron chi connectivity index (χ2n) is 4.18. The SMILES string of the molecule is CC(=O)N(C)c1ccc(Nc2cc(Cl)nc(N)n2)cc1. The van der Waals surface area contributed by atoms with Crippen LogP contribution in [0, 0.1) is 0 Å². The molecule has 0 radical (unpaired) electrons. The zero-order valence-electron chi connectivity index (χ0n) is 11.1. The third-order valence-corrected chi connectivity index (χ3v) is 2.91. The van der Waals surface area contributed by atoms with E-state index in [0.717, 1.165) is 11.4 Å². The molecular weight excluding hydrogens is 278 g/mol. The minimum Gasteiger partial charge on any atom is -0.368 e. The number of nitrogens with zero attached hydrogens (tertiary/aromatic N) is 3. The van der Waals surface area contributed by atoms with Crippen LogP contribution in [0.4, 0.5) is 23.1 Å². The minimum absolute atomic E-state index is 0.0268. The van der Waals surface area contributed by atoms with Crippen molar-refractivity contribution in [2.75, 3.05) is 23.0 Å². The molecule has 0 saturated carbocycles. The Kier molecular flexibility index (Phi) is 4.05. The molecular formula is C13H14ClN5O. The van der Waals surface area contributed by atoms with E-state index in [1.807, 2.05) is 24.3 Å². The van der Waals surface area contributed by atoms with Crippen LogP contribution in [0.15, 0.2) is 30.3 Å². The second-order valence-corrected chi connectivity index (χ2v) is 4.57. The van der Waals surface area contributed by atoms with Gasteiger partial charge in [0.05, 0.1) is 0 Å². The Morgan fingerprint density at radius 1 is 1.30 bits per heavy atom. The molecule has 20 heavy (non-hydrogen) atoms. The summed E-state index contributed by atoms with van der Waals surface area (Å²) >= 11 is 5.80. The van der Waals surface area contributed by atoms with Gasteiger partial charge in [-0.1, -0.05) is 11.6 Å². The van der Waals surface area contributed by atoms with Crippen LogP contribution in [0.5, 0.6) is 0 Å². The van der Waals surface area contributed by atoms with Crippen molar-refractivity contribution in [3.63, 3.8) is 0 Å². The first-order valence-corrected chi connectivity index (χ1v) is 6.25. The van der Waals surface area contributed by atoms with Crippen LogP contribution in [0.3, 0.4) is 0 Å². The molecule has 6 nitrogen and oxygen atoms in total. The maximum absolute atomic E-state index is 11.3. The standard InChI is InChI=1S/C13H14ClN5O/c1-8(20)19(2)10-5-3-9(4-6-10)16-12-7-11(14)17-13(15)18-12/h3-7H,1-2H3,(H3,15,16,17,18). The number of benzene rings is 1. The van der Waals surface area contributed by atoms with Gasteiger partial charge in [-0.05, 0) is 24.3 Å². The zero-order valence-corrected chi connectivity index (χ0v) is 11.8. The molecule has 1 aromatic heterocycles. The Labute approximate surface area is 121 Å². The predicted molar refractivity (Wildman–Crippen MR) is 80.3 cm³/mol.